The van der Waals surface area contributed by atoms with Crippen molar-refractivity contribution in [3.8, 4) is 0 Å². The molecule has 72 valence electrons. The Hall–Kier alpha value is -1.06. The summed E-state index contributed by atoms with van der Waals surface area (Å²) in [6, 6.07) is 0. The minimum Gasteiger partial charge on any atom is -0.467 e. The Kier molecular flexibility index (Phi) is 1.78. The highest BCUT2D eigenvalue weighted by Crippen LogP contribution is 2.38. The molecular formula is C9H13NO3. The molecule has 1 amide bonds. The van der Waals surface area contributed by atoms with E-state index < -0.39 is 5.54 Å². The molecule has 4 nitrogen and oxygen atoms in total. The molecule has 1 aliphatic carbocycles. The minimum atomic E-state index is -0.694. The van der Waals surface area contributed by atoms with Gasteiger partial charge in [-0.15, -0.1) is 0 Å². The summed E-state index contributed by atoms with van der Waals surface area (Å²) >= 11 is 0. The second-order valence-electron chi connectivity index (χ2n) is 3.84. The number of methoxy groups -OCH3 is 1. The summed E-state index contributed by atoms with van der Waals surface area (Å²) < 4.78 is 4.70. The van der Waals surface area contributed by atoms with Gasteiger partial charge in [-0.2, -0.15) is 0 Å². The van der Waals surface area contributed by atoms with Gasteiger partial charge < -0.3 is 10.1 Å². The van der Waals surface area contributed by atoms with E-state index in [0.29, 0.717) is 0 Å². The summed E-state index contributed by atoms with van der Waals surface area (Å²) in [5.41, 5.74) is -0.694. The molecule has 3 fully saturated rings. The van der Waals surface area contributed by atoms with Gasteiger partial charge in [0.1, 0.15) is 5.54 Å². The first-order chi connectivity index (χ1) is 6.18. The molecule has 13 heavy (non-hydrogen) atoms. The zero-order valence-corrected chi connectivity index (χ0v) is 7.63. The van der Waals surface area contributed by atoms with Gasteiger partial charge in [0.05, 0.1) is 7.11 Å². The Labute approximate surface area is 76.6 Å². The Morgan fingerprint density at radius 2 is 2.15 bits per heavy atom. The third kappa shape index (κ3) is 1.12. The number of carbonyl (C=O) groups is 2. The predicted molar refractivity (Wildman–Crippen MR) is 44.8 cm³/mol. The highest BCUT2D eigenvalue weighted by Gasteiger charge is 2.50. The van der Waals surface area contributed by atoms with Crippen LogP contribution in [-0.4, -0.2) is 24.5 Å². The number of esters is 1. The fourth-order valence-electron chi connectivity index (χ4n) is 2.29. The lowest BCUT2D eigenvalue weighted by Crippen LogP contribution is -2.63. The summed E-state index contributed by atoms with van der Waals surface area (Å²) in [7, 11) is 1.37. The first kappa shape index (κ1) is 8.53. The number of amides is 1. The molecule has 3 aliphatic rings. The summed E-state index contributed by atoms with van der Waals surface area (Å²) in [6.07, 6.45) is 3.11. The normalized spacial score (nSPS) is 37.0. The maximum Gasteiger partial charge on any atom is 0.331 e. The van der Waals surface area contributed by atoms with Crippen LogP contribution < -0.4 is 5.32 Å². The fraction of sp³-hybridized carbons (Fsp3) is 0.778. The maximum absolute atomic E-state index is 11.5. The van der Waals surface area contributed by atoms with E-state index in [9.17, 15) is 9.59 Å². The van der Waals surface area contributed by atoms with Gasteiger partial charge in [-0.1, -0.05) is 0 Å². The first-order valence-corrected chi connectivity index (χ1v) is 4.58. The third-order valence-corrected chi connectivity index (χ3v) is 3.15. The van der Waals surface area contributed by atoms with Gasteiger partial charge in [-0.25, -0.2) is 4.79 Å². The highest BCUT2D eigenvalue weighted by molar-refractivity contribution is 5.91. The van der Waals surface area contributed by atoms with Gasteiger partial charge in [-0.05, 0) is 25.7 Å². The van der Waals surface area contributed by atoms with Crippen molar-refractivity contribution in [2.75, 3.05) is 7.11 Å². The molecule has 4 heteroatoms. The van der Waals surface area contributed by atoms with Crippen molar-refractivity contribution >= 4 is 11.9 Å². The van der Waals surface area contributed by atoms with E-state index in [1.807, 2.05) is 0 Å². The number of carbonyl (C=O) groups excluding carboxylic acids is 2. The summed E-state index contributed by atoms with van der Waals surface area (Å²) in [5.74, 6) is -0.145. The van der Waals surface area contributed by atoms with Crippen LogP contribution >= 0.6 is 0 Å². The van der Waals surface area contributed by atoms with Crippen molar-refractivity contribution in [1.29, 1.82) is 0 Å². The Bertz CT molecular complexity index is 254. The first-order valence-electron chi connectivity index (χ1n) is 4.58. The van der Waals surface area contributed by atoms with E-state index in [4.69, 9.17) is 4.74 Å². The summed E-state index contributed by atoms with van der Waals surface area (Å²) in [6.45, 7) is 0. The molecule has 2 aliphatic heterocycles. The van der Waals surface area contributed by atoms with E-state index in [-0.39, 0.29) is 17.8 Å². The van der Waals surface area contributed by atoms with Crippen molar-refractivity contribution in [2.45, 2.75) is 31.2 Å². The summed E-state index contributed by atoms with van der Waals surface area (Å²) in [5, 5.41) is 2.77. The van der Waals surface area contributed by atoms with E-state index in [1.54, 1.807) is 0 Å². The van der Waals surface area contributed by atoms with Crippen LogP contribution in [0.5, 0.6) is 0 Å². The number of rotatable bonds is 1. The lowest BCUT2D eigenvalue weighted by molar-refractivity contribution is -0.158. The van der Waals surface area contributed by atoms with Gasteiger partial charge in [-0.3, -0.25) is 4.79 Å². The van der Waals surface area contributed by atoms with Crippen molar-refractivity contribution < 1.29 is 14.3 Å². The van der Waals surface area contributed by atoms with E-state index >= 15 is 0 Å². The second kappa shape index (κ2) is 2.72. The Balaban J connectivity index is 2.22. The Morgan fingerprint density at radius 3 is 2.62 bits per heavy atom. The van der Waals surface area contributed by atoms with Gasteiger partial charge >= 0.3 is 5.97 Å². The lowest BCUT2D eigenvalue weighted by atomic mass is 9.71. The van der Waals surface area contributed by atoms with Crippen molar-refractivity contribution in [3.05, 3.63) is 0 Å². The fourth-order valence-corrected chi connectivity index (χ4v) is 2.29. The van der Waals surface area contributed by atoms with Crippen LogP contribution in [0.2, 0.25) is 0 Å². The standard InChI is InChI=1S/C9H13NO3/c1-13-8(12)9-4-2-6(3-5-9)7(11)10-9/h6H,2-5H2,1H3,(H,10,11). The molecule has 3 rings (SSSR count). The van der Waals surface area contributed by atoms with Crippen LogP contribution in [0.1, 0.15) is 25.7 Å². The monoisotopic (exact) mass is 183 g/mol. The largest absolute Gasteiger partial charge is 0.467 e. The number of ether oxygens (including phenoxy) is 1. The van der Waals surface area contributed by atoms with Crippen molar-refractivity contribution in [1.82, 2.24) is 5.32 Å². The average Bonchev–Trinajstić information content (AvgIpc) is 2.18. The Morgan fingerprint density at radius 1 is 1.54 bits per heavy atom. The van der Waals surface area contributed by atoms with Crippen LogP contribution in [0.25, 0.3) is 0 Å². The molecule has 0 aromatic rings. The van der Waals surface area contributed by atoms with Crippen LogP contribution in [0, 0.1) is 5.92 Å². The van der Waals surface area contributed by atoms with Crippen LogP contribution in [0.15, 0.2) is 0 Å². The van der Waals surface area contributed by atoms with E-state index in [1.165, 1.54) is 7.11 Å². The summed E-state index contributed by atoms with van der Waals surface area (Å²) in [4.78, 5) is 22.8. The van der Waals surface area contributed by atoms with Crippen LogP contribution in [0.3, 0.4) is 0 Å². The average molecular weight is 183 g/mol. The number of piperidine rings is 2. The van der Waals surface area contributed by atoms with Crippen LogP contribution in [-0.2, 0) is 14.3 Å². The molecule has 0 aromatic carbocycles. The molecule has 0 unspecified atom stereocenters. The molecule has 2 heterocycles. The second-order valence-corrected chi connectivity index (χ2v) is 3.84. The van der Waals surface area contributed by atoms with Crippen molar-refractivity contribution in [2.24, 2.45) is 5.92 Å². The van der Waals surface area contributed by atoms with Gasteiger partial charge in [0.15, 0.2) is 0 Å². The molecular weight excluding hydrogens is 170 g/mol. The van der Waals surface area contributed by atoms with E-state index in [0.717, 1.165) is 25.7 Å². The molecule has 1 saturated carbocycles. The molecule has 2 bridgehead atoms. The maximum atomic E-state index is 11.5. The van der Waals surface area contributed by atoms with Gasteiger partial charge in [0.25, 0.3) is 0 Å². The van der Waals surface area contributed by atoms with Crippen LogP contribution in [0.4, 0.5) is 0 Å². The third-order valence-electron chi connectivity index (χ3n) is 3.15. The van der Waals surface area contributed by atoms with Gasteiger partial charge in [0, 0.05) is 5.92 Å². The zero-order valence-electron chi connectivity index (χ0n) is 7.63. The number of fused-ring (bicyclic) bond motifs is 3. The zero-order chi connectivity index (χ0) is 9.47. The smallest absolute Gasteiger partial charge is 0.331 e. The lowest BCUT2D eigenvalue weighted by Gasteiger charge is -2.44. The molecule has 0 aromatic heterocycles. The SMILES string of the molecule is COC(=O)C12CCC(CC1)C(=O)N2. The number of nitrogens with one attached hydrogen (secondary N) is 1. The van der Waals surface area contributed by atoms with Crippen molar-refractivity contribution in [3.63, 3.8) is 0 Å². The van der Waals surface area contributed by atoms with Gasteiger partial charge in [0.2, 0.25) is 5.91 Å². The molecule has 1 N–H and O–H groups in total. The predicted octanol–water partition coefficient (Wildman–Crippen LogP) is 0.218. The number of hydrogen-bond donors (Lipinski definition) is 1. The topological polar surface area (TPSA) is 55.4 Å². The molecule has 0 radical (unpaired) electrons. The highest BCUT2D eigenvalue weighted by atomic mass is 16.5. The molecule has 2 saturated heterocycles. The van der Waals surface area contributed by atoms with E-state index in [2.05, 4.69) is 5.32 Å². The molecule has 0 spiro atoms. The minimum absolute atomic E-state index is 0.0166. The number of hydrogen-bond acceptors (Lipinski definition) is 3. The quantitative estimate of drug-likeness (QED) is 0.591. The molecule has 0 atom stereocenters.